The number of methoxy groups -OCH3 is 1. The van der Waals surface area contributed by atoms with Crippen LogP contribution in [-0.2, 0) is 24.3 Å². The van der Waals surface area contributed by atoms with Crippen LogP contribution in [0.2, 0.25) is 5.02 Å². The van der Waals surface area contributed by atoms with Crippen LogP contribution in [-0.4, -0.2) is 55.9 Å². The molecule has 11 heteroatoms. The molecule has 9 nitrogen and oxygen atoms in total. The van der Waals surface area contributed by atoms with Crippen molar-refractivity contribution in [3.8, 4) is 5.75 Å². The van der Waals surface area contributed by atoms with Gasteiger partial charge in [-0.15, -0.1) is 0 Å². The number of halogens is 1. The Morgan fingerprint density at radius 3 is 2.59 bits per heavy atom. The second kappa shape index (κ2) is 10.3. The summed E-state index contributed by atoms with van der Waals surface area (Å²) in [5, 5.41) is 3.05. The van der Waals surface area contributed by atoms with E-state index in [9.17, 15) is 18.0 Å². The van der Waals surface area contributed by atoms with Crippen molar-refractivity contribution in [1.29, 1.82) is 0 Å². The van der Waals surface area contributed by atoms with Crippen molar-refractivity contribution in [3.63, 3.8) is 0 Å². The van der Waals surface area contributed by atoms with E-state index in [1.165, 1.54) is 42.9 Å². The highest BCUT2D eigenvalue weighted by Gasteiger charge is 2.34. The summed E-state index contributed by atoms with van der Waals surface area (Å²) in [5.74, 6) is -1.14. The fourth-order valence-corrected chi connectivity index (χ4v) is 4.92. The fourth-order valence-electron chi connectivity index (χ4n) is 3.32. The van der Waals surface area contributed by atoms with E-state index < -0.39 is 33.9 Å². The summed E-state index contributed by atoms with van der Waals surface area (Å²) in [4.78, 5) is 29.0. The number of esters is 1. The fraction of sp³-hybridized carbons (Fsp3) is 0.381. The highest BCUT2D eigenvalue weighted by molar-refractivity contribution is 7.89. The van der Waals surface area contributed by atoms with E-state index >= 15 is 0 Å². The Bertz CT molecular complexity index is 1070. The Hall–Kier alpha value is -2.69. The van der Waals surface area contributed by atoms with Gasteiger partial charge in [-0.25, -0.2) is 8.42 Å². The zero-order chi connectivity index (χ0) is 23.3. The molecule has 1 atom stereocenters. The van der Waals surface area contributed by atoms with Crippen LogP contribution in [0.15, 0.2) is 47.6 Å². The molecule has 0 spiro atoms. The molecule has 0 bridgehead atoms. The van der Waals surface area contributed by atoms with Crippen LogP contribution < -0.4 is 10.1 Å². The van der Waals surface area contributed by atoms with Crippen molar-refractivity contribution in [1.82, 2.24) is 9.29 Å². The van der Waals surface area contributed by atoms with Crippen molar-refractivity contribution in [2.45, 2.75) is 30.8 Å². The summed E-state index contributed by atoms with van der Waals surface area (Å²) in [7, 11) is -2.20. The van der Waals surface area contributed by atoms with Gasteiger partial charge < -0.3 is 14.8 Å². The van der Waals surface area contributed by atoms with Crippen LogP contribution in [0.1, 0.15) is 19.8 Å². The van der Waals surface area contributed by atoms with Crippen molar-refractivity contribution >= 4 is 39.2 Å². The lowest BCUT2D eigenvalue weighted by molar-refractivity contribution is -0.158. The molecule has 32 heavy (non-hydrogen) atoms. The number of carbonyl (C=O) groups excluding carboxylic acids is 2. The molecule has 2 heterocycles. The van der Waals surface area contributed by atoms with E-state index in [4.69, 9.17) is 21.1 Å². The molecule has 1 aliphatic heterocycles. The normalized spacial score (nSPS) is 16.2. The molecule has 0 aliphatic carbocycles. The Morgan fingerprint density at radius 2 is 1.97 bits per heavy atom. The zero-order valence-corrected chi connectivity index (χ0v) is 19.2. The number of piperidine rings is 1. The summed E-state index contributed by atoms with van der Waals surface area (Å²) in [5.41, 5.74) is 0.363. The average Bonchev–Trinajstić information content (AvgIpc) is 2.79. The molecular formula is C21H24ClN3O6S. The summed E-state index contributed by atoms with van der Waals surface area (Å²) < 4.78 is 37.2. The molecule has 3 rings (SSSR count). The van der Waals surface area contributed by atoms with Gasteiger partial charge in [-0.3, -0.25) is 14.6 Å². The van der Waals surface area contributed by atoms with Crippen LogP contribution in [0.25, 0.3) is 0 Å². The van der Waals surface area contributed by atoms with E-state index in [0.29, 0.717) is 29.3 Å². The quantitative estimate of drug-likeness (QED) is 0.604. The van der Waals surface area contributed by atoms with Crippen LogP contribution in [0.5, 0.6) is 5.75 Å². The number of amides is 1. The minimum Gasteiger partial charge on any atom is -0.495 e. The predicted octanol–water partition coefficient (Wildman–Crippen LogP) is 2.71. The molecular weight excluding hydrogens is 458 g/mol. The van der Waals surface area contributed by atoms with Gasteiger partial charge in [-0.05, 0) is 50.1 Å². The number of carbonyl (C=O) groups is 2. The molecule has 0 saturated carbocycles. The maximum Gasteiger partial charge on any atom is 0.309 e. The predicted molar refractivity (Wildman–Crippen MR) is 118 cm³/mol. The first-order chi connectivity index (χ1) is 15.2. The largest absolute Gasteiger partial charge is 0.495 e. The lowest BCUT2D eigenvalue weighted by atomic mass is 9.98. The number of pyridine rings is 1. The van der Waals surface area contributed by atoms with E-state index in [0.717, 1.165) is 0 Å². The number of aromatic nitrogens is 1. The summed E-state index contributed by atoms with van der Waals surface area (Å²) >= 11 is 5.96. The summed E-state index contributed by atoms with van der Waals surface area (Å²) in [6, 6.07) is 7.81. The number of benzene rings is 1. The maximum atomic E-state index is 12.7. The zero-order valence-electron chi connectivity index (χ0n) is 17.7. The van der Waals surface area contributed by atoms with Crippen molar-refractivity contribution < 1.29 is 27.5 Å². The summed E-state index contributed by atoms with van der Waals surface area (Å²) in [6.07, 6.45) is 2.35. The highest BCUT2D eigenvalue weighted by atomic mass is 35.5. The number of anilines is 1. The van der Waals surface area contributed by atoms with Crippen LogP contribution in [0.4, 0.5) is 5.69 Å². The second-order valence-corrected chi connectivity index (χ2v) is 9.65. The Labute approximate surface area is 191 Å². The molecule has 0 radical (unpaired) electrons. The standard InChI is InChI=1S/C21H24ClN3O6S/c1-14(20(26)24-18-12-16(22)5-6-19(18)30-2)31-21(27)15-7-10-25(11-8-15)32(28,29)17-4-3-9-23-13-17/h3-6,9,12-15H,7-8,10-11H2,1-2H3,(H,24,26). The number of nitrogens with one attached hydrogen (secondary N) is 1. The minimum absolute atomic E-state index is 0.114. The topological polar surface area (TPSA) is 115 Å². The van der Waals surface area contributed by atoms with Crippen LogP contribution >= 0.6 is 11.6 Å². The third-order valence-electron chi connectivity index (χ3n) is 5.14. The first kappa shape index (κ1) is 24.0. The number of hydrogen-bond acceptors (Lipinski definition) is 7. The molecule has 1 unspecified atom stereocenters. The Balaban J connectivity index is 1.54. The van der Waals surface area contributed by atoms with Gasteiger partial charge in [0, 0.05) is 30.5 Å². The molecule has 1 saturated heterocycles. The van der Waals surface area contributed by atoms with E-state index in [1.807, 2.05) is 0 Å². The van der Waals surface area contributed by atoms with E-state index in [2.05, 4.69) is 10.3 Å². The Kier molecular flexibility index (Phi) is 7.70. The first-order valence-corrected chi connectivity index (χ1v) is 11.8. The molecule has 1 N–H and O–H groups in total. The van der Waals surface area contributed by atoms with Gasteiger partial charge >= 0.3 is 5.97 Å². The molecule has 1 aliphatic rings. The number of ether oxygens (including phenoxy) is 2. The lowest BCUT2D eigenvalue weighted by Gasteiger charge is -2.30. The summed E-state index contributed by atoms with van der Waals surface area (Å²) in [6.45, 7) is 1.82. The van der Waals surface area contributed by atoms with E-state index in [1.54, 1.807) is 18.2 Å². The van der Waals surface area contributed by atoms with Gasteiger partial charge in [-0.1, -0.05) is 11.6 Å². The Morgan fingerprint density at radius 1 is 1.25 bits per heavy atom. The van der Waals surface area contributed by atoms with Gasteiger partial charge in [-0.2, -0.15) is 4.31 Å². The average molecular weight is 482 g/mol. The highest BCUT2D eigenvalue weighted by Crippen LogP contribution is 2.28. The molecule has 172 valence electrons. The minimum atomic E-state index is -3.66. The number of sulfonamides is 1. The van der Waals surface area contributed by atoms with Gasteiger partial charge in [0.05, 0.1) is 18.7 Å². The molecule has 1 aromatic heterocycles. The van der Waals surface area contributed by atoms with Gasteiger partial charge in [0.25, 0.3) is 5.91 Å². The van der Waals surface area contributed by atoms with E-state index in [-0.39, 0.29) is 18.0 Å². The second-order valence-electron chi connectivity index (χ2n) is 7.28. The molecule has 1 aromatic carbocycles. The molecule has 1 fully saturated rings. The number of hydrogen-bond donors (Lipinski definition) is 1. The smallest absolute Gasteiger partial charge is 0.309 e. The third kappa shape index (κ3) is 5.56. The maximum absolute atomic E-state index is 12.7. The third-order valence-corrected chi connectivity index (χ3v) is 7.26. The first-order valence-electron chi connectivity index (χ1n) is 9.97. The lowest BCUT2D eigenvalue weighted by Crippen LogP contribution is -2.41. The molecule has 1 amide bonds. The number of rotatable bonds is 7. The van der Waals surface area contributed by atoms with Gasteiger partial charge in [0.2, 0.25) is 10.0 Å². The SMILES string of the molecule is COc1ccc(Cl)cc1NC(=O)C(C)OC(=O)C1CCN(S(=O)(=O)c2cccnc2)CC1. The monoisotopic (exact) mass is 481 g/mol. The van der Waals surface area contributed by atoms with Gasteiger partial charge in [0.1, 0.15) is 10.6 Å². The molecule has 2 aromatic rings. The van der Waals surface area contributed by atoms with Crippen molar-refractivity contribution in [3.05, 3.63) is 47.7 Å². The van der Waals surface area contributed by atoms with Crippen LogP contribution in [0, 0.1) is 5.92 Å². The van der Waals surface area contributed by atoms with Crippen LogP contribution in [0.3, 0.4) is 0 Å². The van der Waals surface area contributed by atoms with Crippen molar-refractivity contribution in [2.24, 2.45) is 5.92 Å². The number of nitrogens with zero attached hydrogens (tertiary/aromatic N) is 2. The van der Waals surface area contributed by atoms with Gasteiger partial charge in [0.15, 0.2) is 6.10 Å². The van der Waals surface area contributed by atoms with Crippen molar-refractivity contribution in [2.75, 3.05) is 25.5 Å².